The van der Waals surface area contributed by atoms with Crippen molar-refractivity contribution in [1.29, 1.82) is 0 Å². The van der Waals surface area contributed by atoms with Crippen molar-refractivity contribution in [2.24, 2.45) is 0 Å². The van der Waals surface area contributed by atoms with Gasteiger partial charge >= 0.3 is 5.97 Å². The first kappa shape index (κ1) is 18.4. The van der Waals surface area contributed by atoms with E-state index in [2.05, 4.69) is 10.0 Å². The van der Waals surface area contributed by atoms with Gasteiger partial charge in [-0.25, -0.2) is 13.1 Å². The predicted octanol–water partition coefficient (Wildman–Crippen LogP) is -0.145. The van der Waals surface area contributed by atoms with Crippen LogP contribution in [0.15, 0.2) is 21.6 Å². The zero-order valence-electron chi connectivity index (χ0n) is 13.5. The zero-order valence-corrected chi connectivity index (χ0v) is 14.3. The largest absolute Gasteiger partial charge is 0.480 e. The number of hydrogen-bond donors (Lipinski definition) is 3. The van der Waals surface area contributed by atoms with Crippen molar-refractivity contribution >= 4 is 21.9 Å². The van der Waals surface area contributed by atoms with E-state index in [9.17, 15) is 18.0 Å². The second kappa shape index (κ2) is 7.32. The van der Waals surface area contributed by atoms with E-state index >= 15 is 0 Å². The highest BCUT2D eigenvalue weighted by atomic mass is 32.2. The van der Waals surface area contributed by atoms with Gasteiger partial charge in [0.05, 0.1) is 6.54 Å². The molecule has 1 aromatic heterocycles. The van der Waals surface area contributed by atoms with Crippen molar-refractivity contribution in [3.05, 3.63) is 17.9 Å². The van der Waals surface area contributed by atoms with Crippen LogP contribution in [0, 0.1) is 0 Å². The number of carbonyl (C=O) groups excluding carboxylic acids is 1. The van der Waals surface area contributed by atoms with Crippen LogP contribution in [0.4, 0.5) is 0 Å². The number of aliphatic carboxylic acids is 1. The molecule has 0 saturated heterocycles. The molecular formula is C14H21N3O6S. The van der Waals surface area contributed by atoms with Crippen molar-refractivity contribution in [2.75, 3.05) is 20.1 Å². The van der Waals surface area contributed by atoms with Crippen molar-refractivity contribution in [3.63, 3.8) is 0 Å². The van der Waals surface area contributed by atoms with E-state index in [0.717, 1.165) is 0 Å². The Labute approximate surface area is 140 Å². The SMILES string of the molecule is CCN(CC(=O)O)C1CC(NC(=O)c2ccc(S(=O)(=O)NC)o2)C1. The Hall–Kier alpha value is -1.91. The van der Waals surface area contributed by atoms with Gasteiger partial charge in [0, 0.05) is 12.1 Å². The number of rotatable bonds is 8. The van der Waals surface area contributed by atoms with Gasteiger partial charge in [-0.3, -0.25) is 14.5 Å². The lowest BCUT2D eigenvalue weighted by Gasteiger charge is -2.42. The van der Waals surface area contributed by atoms with Crippen molar-refractivity contribution in [3.8, 4) is 0 Å². The third-order valence-electron chi connectivity index (χ3n) is 4.05. The molecule has 1 aliphatic rings. The normalized spacial score (nSPS) is 20.6. The maximum Gasteiger partial charge on any atom is 0.317 e. The molecule has 1 aliphatic carbocycles. The highest BCUT2D eigenvalue weighted by Crippen LogP contribution is 2.26. The van der Waals surface area contributed by atoms with Crippen molar-refractivity contribution in [1.82, 2.24) is 14.9 Å². The van der Waals surface area contributed by atoms with Gasteiger partial charge in [0.25, 0.3) is 15.9 Å². The van der Waals surface area contributed by atoms with E-state index < -0.39 is 21.9 Å². The highest BCUT2D eigenvalue weighted by Gasteiger charge is 2.35. The highest BCUT2D eigenvalue weighted by molar-refractivity contribution is 7.89. The van der Waals surface area contributed by atoms with Gasteiger partial charge in [0.1, 0.15) is 0 Å². The van der Waals surface area contributed by atoms with E-state index in [1.165, 1.54) is 19.2 Å². The van der Waals surface area contributed by atoms with Crippen LogP contribution >= 0.6 is 0 Å². The molecule has 10 heteroatoms. The second-order valence-corrected chi connectivity index (χ2v) is 7.40. The quantitative estimate of drug-likeness (QED) is 0.589. The average Bonchev–Trinajstić information content (AvgIpc) is 2.98. The molecule has 0 atom stereocenters. The van der Waals surface area contributed by atoms with E-state index in [0.29, 0.717) is 19.4 Å². The summed E-state index contributed by atoms with van der Waals surface area (Å²) in [5, 5.41) is 11.3. The molecule has 0 unspecified atom stereocenters. The van der Waals surface area contributed by atoms with Gasteiger partial charge in [-0.1, -0.05) is 6.92 Å². The molecule has 0 radical (unpaired) electrons. The Morgan fingerprint density at radius 3 is 2.58 bits per heavy atom. The molecule has 24 heavy (non-hydrogen) atoms. The van der Waals surface area contributed by atoms with Crippen LogP contribution < -0.4 is 10.0 Å². The molecule has 1 fully saturated rings. The predicted molar refractivity (Wildman–Crippen MR) is 84.1 cm³/mol. The van der Waals surface area contributed by atoms with E-state index in [-0.39, 0.29) is 29.5 Å². The molecule has 0 aromatic carbocycles. The fraction of sp³-hybridized carbons (Fsp3) is 0.571. The molecule has 1 amide bonds. The van der Waals surface area contributed by atoms with Gasteiger partial charge in [-0.05, 0) is 38.6 Å². The number of nitrogens with one attached hydrogen (secondary N) is 2. The number of carbonyl (C=O) groups is 2. The summed E-state index contributed by atoms with van der Waals surface area (Å²) in [6, 6.07) is 2.56. The topological polar surface area (TPSA) is 129 Å². The first-order chi connectivity index (χ1) is 11.3. The van der Waals surface area contributed by atoms with Gasteiger partial charge in [-0.15, -0.1) is 0 Å². The molecule has 1 heterocycles. The van der Waals surface area contributed by atoms with Crippen LogP contribution in [-0.4, -0.2) is 62.5 Å². The molecule has 0 bridgehead atoms. The van der Waals surface area contributed by atoms with Crippen LogP contribution in [0.25, 0.3) is 0 Å². The third kappa shape index (κ3) is 4.13. The number of sulfonamides is 1. The fourth-order valence-electron chi connectivity index (χ4n) is 2.62. The number of hydrogen-bond acceptors (Lipinski definition) is 6. The minimum atomic E-state index is -3.72. The molecule has 3 N–H and O–H groups in total. The Balaban J connectivity index is 1.88. The second-order valence-electron chi connectivity index (χ2n) is 5.58. The van der Waals surface area contributed by atoms with Gasteiger partial charge in [0.15, 0.2) is 5.76 Å². The lowest BCUT2D eigenvalue weighted by atomic mass is 9.85. The van der Waals surface area contributed by atoms with E-state index in [1.807, 2.05) is 11.8 Å². The molecular weight excluding hydrogens is 338 g/mol. The minimum Gasteiger partial charge on any atom is -0.480 e. The fourth-order valence-corrected chi connectivity index (χ4v) is 3.27. The molecule has 0 aliphatic heterocycles. The summed E-state index contributed by atoms with van der Waals surface area (Å²) in [6.45, 7) is 2.49. The lowest BCUT2D eigenvalue weighted by molar-refractivity contribution is -0.139. The zero-order chi connectivity index (χ0) is 17.9. The molecule has 2 rings (SSSR count). The summed E-state index contributed by atoms with van der Waals surface area (Å²) in [6.07, 6.45) is 1.30. The Bertz CT molecular complexity index is 708. The smallest absolute Gasteiger partial charge is 0.317 e. The Morgan fingerprint density at radius 1 is 1.38 bits per heavy atom. The van der Waals surface area contributed by atoms with E-state index in [1.54, 1.807) is 0 Å². The number of nitrogens with zero attached hydrogens (tertiary/aromatic N) is 1. The summed E-state index contributed by atoms with van der Waals surface area (Å²) in [7, 11) is -2.47. The molecule has 1 aromatic rings. The third-order valence-corrected chi connectivity index (χ3v) is 5.33. The first-order valence-electron chi connectivity index (χ1n) is 7.57. The first-order valence-corrected chi connectivity index (χ1v) is 9.05. The van der Waals surface area contributed by atoms with Crippen LogP contribution in [0.1, 0.15) is 30.3 Å². The van der Waals surface area contributed by atoms with Crippen LogP contribution in [0.3, 0.4) is 0 Å². The maximum absolute atomic E-state index is 12.1. The summed E-state index contributed by atoms with van der Waals surface area (Å²) >= 11 is 0. The number of furan rings is 1. The molecule has 0 spiro atoms. The van der Waals surface area contributed by atoms with Crippen LogP contribution in [0.2, 0.25) is 0 Å². The average molecular weight is 359 g/mol. The number of carboxylic acids is 1. The molecule has 9 nitrogen and oxygen atoms in total. The Kier molecular flexibility index (Phi) is 5.62. The standard InChI is InChI=1S/C14H21N3O6S/c1-3-17(8-12(18)19)10-6-9(7-10)16-14(20)11-4-5-13(23-11)24(21,22)15-2/h4-5,9-10,15H,3,6-8H2,1-2H3,(H,16,20)(H,18,19). The van der Waals surface area contributed by atoms with Crippen LogP contribution in [-0.2, 0) is 14.8 Å². The molecule has 1 saturated carbocycles. The minimum absolute atomic E-state index is 0.0226. The van der Waals surface area contributed by atoms with Crippen molar-refractivity contribution < 1.29 is 27.5 Å². The number of amides is 1. The van der Waals surface area contributed by atoms with Crippen LogP contribution in [0.5, 0.6) is 0 Å². The number of likely N-dealkylation sites (N-methyl/N-ethyl adjacent to an activating group) is 1. The summed E-state index contributed by atoms with van der Waals surface area (Å²) in [5.74, 6) is -1.44. The van der Waals surface area contributed by atoms with Gasteiger partial charge < -0.3 is 14.8 Å². The lowest BCUT2D eigenvalue weighted by Crippen LogP contribution is -2.54. The summed E-state index contributed by atoms with van der Waals surface area (Å²) < 4.78 is 30.3. The van der Waals surface area contributed by atoms with Gasteiger partial charge in [0.2, 0.25) is 5.09 Å². The Morgan fingerprint density at radius 2 is 2.04 bits per heavy atom. The van der Waals surface area contributed by atoms with E-state index in [4.69, 9.17) is 9.52 Å². The monoisotopic (exact) mass is 359 g/mol. The summed E-state index contributed by atoms with van der Waals surface area (Å²) in [4.78, 5) is 24.7. The number of carboxylic acid groups (broad SMARTS) is 1. The maximum atomic E-state index is 12.1. The summed E-state index contributed by atoms with van der Waals surface area (Å²) in [5.41, 5.74) is 0. The van der Waals surface area contributed by atoms with Crippen molar-refractivity contribution in [2.45, 2.75) is 36.9 Å². The molecule has 134 valence electrons. The van der Waals surface area contributed by atoms with Gasteiger partial charge in [-0.2, -0.15) is 0 Å².